The van der Waals surface area contributed by atoms with Gasteiger partial charge in [-0.1, -0.05) is 19.9 Å². The standard InChI is InChI=1S/C15H21N3O3/c1-10(2)15(20)17-6-5-16-8-11-3-4-13-12(7-11)18-14(19)9-21-13/h3-4,7,10,16H,5-6,8-9H2,1-2H3,(H,17,20)(H,18,19). The van der Waals surface area contributed by atoms with E-state index >= 15 is 0 Å². The van der Waals surface area contributed by atoms with Crippen LogP contribution >= 0.6 is 0 Å². The number of benzene rings is 1. The monoisotopic (exact) mass is 291 g/mol. The number of ether oxygens (including phenoxy) is 1. The molecule has 1 aromatic rings. The van der Waals surface area contributed by atoms with E-state index in [1.165, 1.54) is 0 Å². The molecular weight excluding hydrogens is 270 g/mol. The highest BCUT2D eigenvalue weighted by molar-refractivity contribution is 5.95. The first-order chi connectivity index (χ1) is 10.1. The van der Waals surface area contributed by atoms with Gasteiger partial charge in [-0.05, 0) is 17.7 Å². The van der Waals surface area contributed by atoms with Gasteiger partial charge in [0.25, 0.3) is 5.91 Å². The number of amides is 2. The van der Waals surface area contributed by atoms with Crippen molar-refractivity contribution in [3.63, 3.8) is 0 Å². The highest BCUT2D eigenvalue weighted by Gasteiger charge is 2.15. The molecule has 1 aliphatic rings. The molecule has 0 aromatic heterocycles. The molecule has 0 bridgehead atoms. The first-order valence-electron chi connectivity index (χ1n) is 7.10. The second-order valence-corrected chi connectivity index (χ2v) is 5.29. The first kappa shape index (κ1) is 15.3. The summed E-state index contributed by atoms with van der Waals surface area (Å²) in [6, 6.07) is 5.70. The van der Waals surface area contributed by atoms with E-state index in [4.69, 9.17) is 4.74 Å². The molecule has 0 atom stereocenters. The Labute approximate surface area is 124 Å². The SMILES string of the molecule is CC(C)C(=O)NCCNCc1ccc2c(c1)NC(=O)CO2. The third-order valence-corrected chi connectivity index (χ3v) is 3.13. The summed E-state index contributed by atoms with van der Waals surface area (Å²) >= 11 is 0. The molecule has 6 heteroatoms. The van der Waals surface area contributed by atoms with E-state index in [-0.39, 0.29) is 24.3 Å². The molecule has 21 heavy (non-hydrogen) atoms. The van der Waals surface area contributed by atoms with Gasteiger partial charge in [0.1, 0.15) is 5.75 Å². The molecule has 1 heterocycles. The number of anilines is 1. The number of fused-ring (bicyclic) bond motifs is 1. The maximum atomic E-state index is 11.4. The van der Waals surface area contributed by atoms with Crippen molar-refractivity contribution >= 4 is 17.5 Å². The van der Waals surface area contributed by atoms with Crippen LogP contribution in [0.5, 0.6) is 5.75 Å². The molecule has 0 radical (unpaired) electrons. The minimum absolute atomic E-state index is 0.00857. The van der Waals surface area contributed by atoms with Crippen molar-refractivity contribution < 1.29 is 14.3 Å². The van der Waals surface area contributed by atoms with Crippen molar-refractivity contribution in [1.29, 1.82) is 0 Å². The van der Waals surface area contributed by atoms with Gasteiger partial charge in [0.05, 0.1) is 5.69 Å². The van der Waals surface area contributed by atoms with Crippen LogP contribution in [0.1, 0.15) is 19.4 Å². The van der Waals surface area contributed by atoms with Gasteiger partial charge in [-0.15, -0.1) is 0 Å². The van der Waals surface area contributed by atoms with Crippen LogP contribution in [0.15, 0.2) is 18.2 Å². The summed E-state index contributed by atoms with van der Waals surface area (Å²) in [7, 11) is 0. The van der Waals surface area contributed by atoms with Crippen molar-refractivity contribution in [3.8, 4) is 5.75 Å². The molecule has 0 aliphatic carbocycles. The van der Waals surface area contributed by atoms with Gasteiger partial charge < -0.3 is 20.7 Å². The Morgan fingerprint density at radius 1 is 1.38 bits per heavy atom. The van der Waals surface area contributed by atoms with Crippen LogP contribution in [0.2, 0.25) is 0 Å². The van der Waals surface area contributed by atoms with E-state index in [2.05, 4.69) is 16.0 Å². The van der Waals surface area contributed by atoms with E-state index in [9.17, 15) is 9.59 Å². The van der Waals surface area contributed by atoms with E-state index in [1.54, 1.807) is 0 Å². The lowest BCUT2D eigenvalue weighted by molar-refractivity contribution is -0.124. The van der Waals surface area contributed by atoms with Crippen LogP contribution in [0.25, 0.3) is 0 Å². The number of hydrogen-bond donors (Lipinski definition) is 3. The van der Waals surface area contributed by atoms with E-state index in [1.807, 2.05) is 32.0 Å². The fourth-order valence-corrected chi connectivity index (χ4v) is 1.95. The highest BCUT2D eigenvalue weighted by atomic mass is 16.5. The largest absolute Gasteiger partial charge is 0.482 e. The molecule has 0 saturated heterocycles. The fourth-order valence-electron chi connectivity index (χ4n) is 1.95. The maximum Gasteiger partial charge on any atom is 0.262 e. The molecule has 0 saturated carbocycles. The quantitative estimate of drug-likeness (QED) is 0.680. The maximum absolute atomic E-state index is 11.4. The van der Waals surface area contributed by atoms with Crippen LogP contribution < -0.4 is 20.7 Å². The van der Waals surface area contributed by atoms with E-state index in [0.29, 0.717) is 31.1 Å². The smallest absolute Gasteiger partial charge is 0.262 e. The second kappa shape index (κ2) is 7.08. The minimum atomic E-state index is -0.135. The van der Waals surface area contributed by atoms with Crippen molar-refractivity contribution in [2.45, 2.75) is 20.4 Å². The van der Waals surface area contributed by atoms with Crippen LogP contribution in [0.4, 0.5) is 5.69 Å². The number of rotatable bonds is 6. The average molecular weight is 291 g/mol. The van der Waals surface area contributed by atoms with E-state index in [0.717, 1.165) is 5.56 Å². The lowest BCUT2D eigenvalue weighted by atomic mass is 10.1. The summed E-state index contributed by atoms with van der Waals surface area (Å²) in [5.41, 5.74) is 1.76. The molecule has 2 rings (SSSR count). The van der Waals surface area contributed by atoms with Crippen LogP contribution in [-0.2, 0) is 16.1 Å². The normalized spacial score (nSPS) is 13.4. The zero-order valence-electron chi connectivity index (χ0n) is 12.4. The number of carbonyl (C=O) groups is 2. The van der Waals surface area contributed by atoms with Crippen LogP contribution in [-0.4, -0.2) is 31.5 Å². The van der Waals surface area contributed by atoms with Gasteiger partial charge >= 0.3 is 0 Å². The molecule has 1 aliphatic heterocycles. The van der Waals surface area contributed by atoms with Crippen molar-refractivity contribution in [2.24, 2.45) is 5.92 Å². The van der Waals surface area contributed by atoms with Gasteiger partial charge in [0, 0.05) is 25.6 Å². The highest BCUT2D eigenvalue weighted by Crippen LogP contribution is 2.28. The Bertz CT molecular complexity index is 529. The zero-order chi connectivity index (χ0) is 15.2. The number of nitrogens with one attached hydrogen (secondary N) is 3. The Kier molecular flexibility index (Phi) is 5.16. The Morgan fingerprint density at radius 2 is 2.19 bits per heavy atom. The van der Waals surface area contributed by atoms with Crippen molar-refractivity contribution in [3.05, 3.63) is 23.8 Å². The average Bonchev–Trinajstić information content (AvgIpc) is 2.46. The molecule has 0 spiro atoms. The van der Waals surface area contributed by atoms with Gasteiger partial charge in [-0.25, -0.2) is 0 Å². The van der Waals surface area contributed by atoms with E-state index < -0.39 is 0 Å². The molecule has 0 unspecified atom stereocenters. The van der Waals surface area contributed by atoms with Crippen LogP contribution in [0, 0.1) is 5.92 Å². The third kappa shape index (κ3) is 4.46. The van der Waals surface area contributed by atoms with Crippen molar-refractivity contribution in [1.82, 2.24) is 10.6 Å². The van der Waals surface area contributed by atoms with Crippen LogP contribution in [0.3, 0.4) is 0 Å². The van der Waals surface area contributed by atoms with Crippen molar-refractivity contribution in [2.75, 3.05) is 25.0 Å². The summed E-state index contributed by atoms with van der Waals surface area (Å²) in [5.74, 6) is 0.631. The second-order valence-electron chi connectivity index (χ2n) is 5.29. The Hall–Kier alpha value is -2.08. The summed E-state index contributed by atoms with van der Waals surface area (Å²) in [6.45, 7) is 5.76. The number of carbonyl (C=O) groups excluding carboxylic acids is 2. The van der Waals surface area contributed by atoms with Gasteiger partial charge in [0.15, 0.2) is 6.61 Å². The summed E-state index contributed by atoms with van der Waals surface area (Å²) in [5, 5.41) is 8.87. The Balaban J connectivity index is 1.75. The predicted octanol–water partition coefficient (Wildman–Crippen LogP) is 0.879. The zero-order valence-corrected chi connectivity index (χ0v) is 12.4. The van der Waals surface area contributed by atoms with Gasteiger partial charge in [-0.2, -0.15) is 0 Å². The fraction of sp³-hybridized carbons (Fsp3) is 0.467. The molecule has 3 N–H and O–H groups in total. The summed E-state index contributed by atoms with van der Waals surface area (Å²) in [6.07, 6.45) is 0. The molecule has 1 aromatic carbocycles. The molecular formula is C15H21N3O3. The molecule has 2 amide bonds. The van der Waals surface area contributed by atoms with Gasteiger partial charge in [-0.3, -0.25) is 9.59 Å². The van der Waals surface area contributed by atoms with Gasteiger partial charge in [0.2, 0.25) is 5.91 Å². The molecule has 6 nitrogen and oxygen atoms in total. The lowest BCUT2D eigenvalue weighted by Crippen LogP contribution is -2.34. The first-order valence-corrected chi connectivity index (χ1v) is 7.10. The topological polar surface area (TPSA) is 79.5 Å². The third-order valence-electron chi connectivity index (χ3n) is 3.13. The summed E-state index contributed by atoms with van der Waals surface area (Å²) < 4.78 is 5.30. The predicted molar refractivity (Wildman–Crippen MR) is 80.1 cm³/mol. The molecule has 114 valence electrons. The molecule has 0 fully saturated rings. The number of hydrogen-bond acceptors (Lipinski definition) is 4. The Morgan fingerprint density at radius 3 is 2.95 bits per heavy atom. The summed E-state index contributed by atoms with van der Waals surface area (Å²) in [4.78, 5) is 22.6. The lowest BCUT2D eigenvalue weighted by Gasteiger charge is -2.18. The minimum Gasteiger partial charge on any atom is -0.482 e.